The zero-order chi connectivity index (χ0) is 14.4. The highest BCUT2D eigenvalue weighted by Gasteiger charge is 2.15. The molecular weight excluding hydrogens is 291 g/mol. The molecule has 0 saturated heterocycles. The SMILES string of the molecule is CCCNC(Cc1c(Cl)cccc1Cl)c1cccnc1. The van der Waals surface area contributed by atoms with Crippen molar-refractivity contribution in [3.05, 3.63) is 63.9 Å². The van der Waals surface area contributed by atoms with Gasteiger partial charge in [0, 0.05) is 28.5 Å². The van der Waals surface area contributed by atoms with E-state index < -0.39 is 0 Å². The molecule has 2 nitrogen and oxygen atoms in total. The zero-order valence-corrected chi connectivity index (χ0v) is 13.0. The van der Waals surface area contributed by atoms with Crippen LogP contribution in [0.25, 0.3) is 0 Å². The van der Waals surface area contributed by atoms with Crippen LogP contribution in [0.15, 0.2) is 42.7 Å². The summed E-state index contributed by atoms with van der Waals surface area (Å²) in [6.07, 6.45) is 5.50. The summed E-state index contributed by atoms with van der Waals surface area (Å²) in [5, 5.41) is 4.96. The van der Waals surface area contributed by atoms with Gasteiger partial charge >= 0.3 is 0 Å². The van der Waals surface area contributed by atoms with Crippen molar-refractivity contribution in [3.8, 4) is 0 Å². The van der Waals surface area contributed by atoms with Gasteiger partial charge in [-0.05, 0) is 48.7 Å². The van der Waals surface area contributed by atoms with Crippen LogP contribution in [-0.2, 0) is 6.42 Å². The Bertz CT molecular complexity index is 523. The molecule has 4 heteroatoms. The average molecular weight is 309 g/mol. The van der Waals surface area contributed by atoms with Crippen molar-refractivity contribution >= 4 is 23.2 Å². The molecule has 0 aliphatic carbocycles. The van der Waals surface area contributed by atoms with Crippen LogP contribution in [0.3, 0.4) is 0 Å². The molecular formula is C16H18Cl2N2. The van der Waals surface area contributed by atoms with Crippen molar-refractivity contribution in [1.82, 2.24) is 10.3 Å². The monoisotopic (exact) mass is 308 g/mol. The maximum absolute atomic E-state index is 6.27. The average Bonchev–Trinajstić information content (AvgIpc) is 2.47. The molecule has 0 radical (unpaired) electrons. The van der Waals surface area contributed by atoms with Gasteiger partial charge in [0.25, 0.3) is 0 Å². The Morgan fingerprint density at radius 1 is 1.15 bits per heavy atom. The first kappa shape index (κ1) is 15.3. The van der Waals surface area contributed by atoms with Crippen molar-refractivity contribution in [2.45, 2.75) is 25.8 Å². The standard InChI is InChI=1S/C16H18Cl2N2/c1-2-8-20-16(12-5-4-9-19-11-12)10-13-14(17)6-3-7-15(13)18/h3-7,9,11,16,20H,2,8,10H2,1H3. The highest BCUT2D eigenvalue weighted by Crippen LogP contribution is 2.29. The van der Waals surface area contributed by atoms with Crippen LogP contribution in [0.1, 0.15) is 30.5 Å². The lowest BCUT2D eigenvalue weighted by molar-refractivity contribution is 0.528. The summed E-state index contributed by atoms with van der Waals surface area (Å²) >= 11 is 12.5. The summed E-state index contributed by atoms with van der Waals surface area (Å²) in [5.74, 6) is 0. The second-order valence-electron chi connectivity index (χ2n) is 4.70. The number of hydrogen-bond donors (Lipinski definition) is 1. The molecule has 1 atom stereocenters. The van der Waals surface area contributed by atoms with Crippen LogP contribution >= 0.6 is 23.2 Å². The van der Waals surface area contributed by atoms with Crippen LogP contribution in [0.5, 0.6) is 0 Å². The first-order valence-electron chi connectivity index (χ1n) is 6.78. The third-order valence-electron chi connectivity index (χ3n) is 3.20. The van der Waals surface area contributed by atoms with Gasteiger partial charge in [0.15, 0.2) is 0 Å². The number of benzene rings is 1. The van der Waals surface area contributed by atoms with E-state index in [-0.39, 0.29) is 6.04 Å². The van der Waals surface area contributed by atoms with Crippen molar-refractivity contribution in [1.29, 1.82) is 0 Å². The summed E-state index contributed by atoms with van der Waals surface area (Å²) in [5.41, 5.74) is 2.13. The highest BCUT2D eigenvalue weighted by molar-refractivity contribution is 6.36. The van der Waals surface area contributed by atoms with Crippen molar-refractivity contribution in [2.24, 2.45) is 0 Å². The van der Waals surface area contributed by atoms with Crippen LogP contribution in [0, 0.1) is 0 Å². The Kier molecular flexibility index (Phi) is 5.84. The van der Waals surface area contributed by atoms with Gasteiger partial charge in [-0.1, -0.05) is 42.3 Å². The van der Waals surface area contributed by atoms with E-state index in [9.17, 15) is 0 Å². The van der Waals surface area contributed by atoms with Crippen LogP contribution < -0.4 is 5.32 Å². The Labute approximate surface area is 130 Å². The summed E-state index contributed by atoms with van der Waals surface area (Å²) < 4.78 is 0. The minimum atomic E-state index is 0.168. The molecule has 1 unspecified atom stereocenters. The quantitative estimate of drug-likeness (QED) is 0.838. The molecule has 2 rings (SSSR count). The summed E-state index contributed by atoms with van der Waals surface area (Å²) in [6, 6.07) is 9.81. The molecule has 0 aliphatic heterocycles. The molecule has 106 valence electrons. The highest BCUT2D eigenvalue weighted by atomic mass is 35.5. The van der Waals surface area contributed by atoms with Gasteiger partial charge in [0.05, 0.1) is 0 Å². The second-order valence-corrected chi connectivity index (χ2v) is 5.51. The topological polar surface area (TPSA) is 24.9 Å². The third-order valence-corrected chi connectivity index (χ3v) is 3.91. The van der Waals surface area contributed by atoms with E-state index in [1.165, 1.54) is 0 Å². The van der Waals surface area contributed by atoms with Gasteiger partial charge in [0.1, 0.15) is 0 Å². The van der Waals surface area contributed by atoms with Crippen molar-refractivity contribution < 1.29 is 0 Å². The predicted molar refractivity (Wildman–Crippen MR) is 85.4 cm³/mol. The molecule has 0 saturated carbocycles. The number of halogens is 2. The maximum atomic E-state index is 6.27. The number of rotatable bonds is 6. The van der Waals surface area contributed by atoms with E-state index >= 15 is 0 Å². The largest absolute Gasteiger partial charge is 0.310 e. The Hall–Kier alpha value is -1.09. The van der Waals surface area contributed by atoms with E-state index in [0.29, 0.717) is 10.0 Å². The molecule has 1 aromatic heterocycles. The number of aromatic nitrogens is 1. The van der Waals surface area contributed by atoms with Crippen LogP contribution in [-0.4, -0.2) is 11.5 Å². The first-order chi connectivity index (χ1) is 9.72. The molecule has 2 aromatic rings. The van der Waals surface area contributed by atoms with Crippen molar-refractivity contribution in [2.75, 3.05) is 6.54 Å². The number of nitrogens with one attached hydrogen (secondary N) is 1. The van der Waals surface area contributed by atoms with Gasteiger partial charge in [-0.25, -0.2) is 0 Å². The first-order valence-corrected chi connectivity index (χ1v) is 7.54. The van der Waals surface area contributed by atoms with Gasteiger partial charge in [-0.3, -0.25) is 4.98 Å². The van der Waals surface area contributed by atoms with Crippen molar-refractivity contribution in [3.63, 3.8) is 0 Å². The fraction of sp³-hybridized carbons (Fsp3) is 0.312. The van der Waals surface area contributed by atoms with Gasteiger partial charge in [0.2, 0.25) is 0 Å². The molecule has 0 fully saturated rings. The second kappa shape index (κ2) is 7.63. The lowest BCUT2D eigenvalue weighted by Crippen LogP contribution is -2.24. The number of nitrogens with zero attached hydrogens (tertiary/aromatic N) is 1. The Morgan fingerprint density at radius 3 is 2.50 bits per heavy atom. The summed E-state index contributed by atoms with van der Waals surface area (Å²) in [6.45, 7) is 3.09. The molecule has 0 aliphatic rings. The Balaban J connectivity index is 2.24. The molecule has 0 bridgehead atoms. The molecule has 1 aromatic carbocycles. The van der Waals surface area contributed by atoms with E-state index in [1.54, 1.807) is 6.20 Å². The predicted octanol–water partition coefficient (Wildman–Crippen LogP) is 4.67. The molecule has 1 heterocycles. The van der Waals surface area contributed by atoms with Gasteiger partial charge in [-0.2, -0.15) is 0 Å². The zero-order valence-electron chi connectivity index (χ0n) is 11.4. The van der Waals surface area contributed by atoms with E-state index in [0.717, 1.165) is 30.5 Å². The minimum Gasteiger partial charge on any atom is -0.310 e. The lowest BCUT2D eigenvalue weighted by atomic mass is 10.00. The minimum absolute atomic E-state index is 0.168. The summed E-state index contributed by atoms with van der Waals surface area (Å²) in [7, 11) is 0. The summed E-state index contributed by atoms with van der Waals surface area (Å²) in [4.78, 5) is 4.19. The van der Waals surface area contributed by atoms with E-state index in [2.05, 4.69) is 23.3 Å². The normalized spacial score (nSPS) is 12.3. The van der Waals surface area contributed by atoms with Gasteiger partial charge < -0.3 is 5.32 Å². The number of hydrogen-bond acceptors (Lipinski definition) is 2. The third kappa shape index (κ3) is 3.95. The Morgan fingerprint density at radius 2 is 1.90 bits per heavy atom. The smallest absolute Gasteiger partial charge is 0.0453 e. The molecule has 20 heavy (non-hydrogen) atoms. The lowest BCUT2D eigenvalue weighted by Gasteiger charge is -2.20. The molecule has 0 spiro atoms. The van der Waals surface area contributed by atoms with E-state index in [4.69, 9.17) is 23.2 Å². The maximum Gasteiger partial charge on any atom is 0.0453 e. The van der Waals surface area contributed by atoms with Gasteiger partial charge in [-0.15, -0.1) is 0 Å². The molecule has 1 N–H and O–H groups in total. The van der Waals surface area contributed by atoms with Crippen LogP contribution in [0.2, 0.25) is 10.0 Å². The van der Waals surface area contributed by atoms with E-state index in [1.807, 2.05) is 30.5 Å². The fourth-order valence-electron chi connectivity index (χ4n) is 2.14. The fourth-order valence-corrected chi connectivity index (χ4v) is 2.69. The van der Waals surface area contributed by atoms with Crippen LogP contribution in [0.4, 0.5) is 0 Å². The number of pyridine rings is 1. The molecule has 0 amide bonds.